The van der Waals surface area contributed by atoms with Gasteiger partial charge in [-0.25, -0.2) is 19.1 Å². The molecule has 2 aliphatic rings. The highest BCUT2D eigenvalue weighted by molar-refractivity contribution is 7.86. The van der Waals surface area contributed by atoms with Crippen LogP contribution in [-0.2, 0) is 41.4 Å². The molecule has 0 aliphatic carbocycles. The van der Waals surface area contributed by atoms with Crippen LogP contribution in [0.3, 0.4) is 0 Å². The standard InChI is InChI=1S/C22H22N6O8S2/c1-22(2,20(33)34)36-26-13(12-9-37-21(23)24-12)16(29)25-14-17(30)28-15(19(31)32)11(10-38(35)18(14)28)8-27-6-4-3-5-7-27/h3-7,9,14,18H,8,10H2,1-2H3,(H4-,23,24,25,29,31,32,33,34)/p+1/b26-13-. The van der Waals surface area contributed by atoms with E-state index in [1.807, 2.05) is 0 Å². The summed E-state index contributed by atoms with van der Waals surface area (Å²) in [5.74, 6) is -4.57. The van der Waals surface area contributed by atoms with Crippen LogP contribution in [0.5, 0.6) is 0 Å². The summed E-state index contributed by atoms with van der Waals surface area (Å²) in [4.78, 5) is 59.6. The minimum atomic E-state index is -1.80. The smallest absolute Gasteiger partial charge is 0.352 e. The zero-order valence-electron chi connectivity index (χ0n) is 20.1. The normalized spacial score (nSPS) is 21.4. The molecule has 3 unspecified atom stereocenters. The molecule has 3 atom stereocenters. The van der Waals surface area contributed by atoms with Gasteiger partial charge in [-0.3, -0.25) is 18.7 Å². The molecule has 38 heavy (non-hydrogen) atoms. The van der Waals surface area contributed by atoms with Gasteiger partial charge in [-0.05, 0) is 13.8 Å². The van der Waals surface area contributed by atoms with Crippen molar-refractivity contribution in [2.75, 3.05) is 11.5 Å². The summed E-state index contributed by atoms with van der Waals surface area (Å²) < 4.78 is 14.8. The van der Waals surface area contributed by atoms with Crippen molar-refractivity contribution in [2.45, 2.75) is 37.4 Å². The van der Waals surface area contributed by atoms with E-state index in [4.69, 9.17) is 10.6 Å². The second-order valence-corrected chi connectivity index (χ2v) is 11.2. The van der Waals surface area contributed by atoms with Gasteiger partial charge in [-0.15, -0.1) is 11.3 Å². The Kier molecular flexibility index (Phi) is 7.28. The van der Waals surface area contributed by atoms with E-state index in [2.05, 4.69) is 15.5 Å². The van der Waals surface area contributed by atoms with Crippen molar-refractivity contribution in [3.8, 4) is 0 Å². The van der Waals surface area contributed by atoms with Crippen LogP contribution in [0.1, 0.15) is 19.5 Å². The number of nitrogens with two attached hydrogens (primary N) is 1. The molecule has 4 heterocycles. The van der Waals surface area contributed by atoms with E-state index in [1.165, 1.54) is 19.2 Å². The fourth-order valence-corrected chi connectivity index (χ4v) is 5.97. The number of carboxylic acids is 2. The van der Waals surface area contributed by atoms with E-state index < -0.39 is 57.3 Å². The number of nitrogens with zero attached hydrogens (tertiary/aromatic N) is 4. The molecule has 200 valence electrons. The zero-order chi connectivity index (χ0) is 27.8. The third-order valence-corrected chi connectivity index (χ3v) is 8.03. The van der Waals surface area contributed by atoms with Gasteiger partial charge in [0, 0.05) is 23.1 Å². The van der Waals surface area contributed by atoms with Crippen molar-refractivity contribution >= 4 is 56.7 Å². The lowest BCUT2D eigenvalue weighted by atomic mass is 10.0. The Morgan fingerprint density at radius 2 is 2.00 bits per heavy atom. The maximum absolute atomic E-state index is 13.1. The van der Waals surface area contributed by atoms with Crippen LogP contribution in [0.25, 0.3) is 0 Å². The first-order valence-corrected chi connectivity index (χ1v) is 13.3. The average molecular weight is 564 g/mol. The molecule has 1 fully saturated rings. The molecular weight excluding hydrogens is 540 g/mol. The maximum atomic E-state index is 13.1. The van der Waals surface area contributed by atoms with E-state index >= 15 is 0 Å². The van der Waals surface area contributed by atoms with Crippen LogP contribution in [0.4, 0.5) is 5.13 Å². The number of pyridine rings is 1. The molecule has 1 saturated heterocycles. The van der Waals surface area contributed by atoms with Crippen LogP contribution in [0.15, 0.2) is 52.4 Å². The second kappa shape index (κ2) is 10.3. The van der Waals surface area contributed by atoms with Crippen molar-refractivity contribution in [3.63, 3.8) is 0 Å². The molecule has 0 bridgehead atoms. The lowest BCUT2D eigenvalue weighted by Gasteiger charge is -2.48. The first-order valence-electron chi connectivity index (χ1n) is 11.0. The quantitative estimate of drug-likeness (QED) is 0.127. The number of hydrogen-bond acceptors (Lipinski definition) is 10. The van der Waals surface area contributed by atoms with Gasteiger partial charge in [0.05, 0.1) is 16.6 Å². The van der Waals surface area contributed by atoms with Crippen LogP contribution in [0.2, 0.25) is 0 Å². The summed E-state index contributed by atoms with van der Waals surface area (Å²) in [7, 11) is -1.74. The fourth-order valence-electron chi connectivity index (χ4n) is 3.74. The van der Waals surface area contributed by atoms with E-state index in [0.29, 0.717) is 5.57 Å². The van der Waals surface area contributed by atoms with Crippen LogP contribution in [-0.4, -0.2) is 76.5 Å². The number of anilines is 1. The highest BCUT2D eigenvalue weighted by Crippen LogP contribution is 2.35. The summed E-state index contributed by atoms with van der Waals surface area (Å²) in [5, 5.41) is 25.6. The van der Waals surface area contributed by atoms with Gasteiger partial charge in [0.15, 0.2) is 29.8 Å². The summed E-state index contributed by atoms with van der Waals surface area (Å²) in [6.07, 6.45) is 3.42. The third kappa shape index (κ3) is 5.12. The molecule has 4 rings (SSSR count). The number of fused-ring (bicyclic) bond motifs is 1. The summed E-state index contributed by atoms with van der Waals surface area (Å²) in [6, 6.07) is 3.97. The van der Waals surface area contributed by atoms with E-state index in [-0.39, 0.29) is 28.8 Å². The zero-order valence-corrected chi connectivity index (χ0v) is 21.7. The molecule has 0 radical (unpaired) electrons. The van der Waals surface area contributed by atoms with Gasteiger partial charge in [0.25, 0.3) is 11.8 Å². The minimum Gasteiger partial charge on any atom is -0.478 e. The number of carbonyl (C=O) groups is 4. The first-order chi connectivity index (χ1) is 17.9. The second-order valence-electron chi connectivity index (χ2n) is 8.80. The van der Waals surface area contributed by atoms with Crippen LogP contribution >= 0.6 is 11.3 Å². The average Bonchev–Trinajstić information content (AvgIpc) is 3.28. The molecule has 0 aromatic carbocycles. The van der Waals surface area contributed by atoms with Gasteiger partial charge < -0.3 is 26.1 Å². The Hall–Kier alpha value is -4.18. The van der Waals surface area contributed by atoms with Crippen molar-refractivity contribution in [2.24, 2.45) is 5.16 Å². The number of rotatable bonds is 9. The van der Waals surface area contributed by atoms with Gasteiger partial charge in [0.1, 0.15) is 22.8 Å². The summed E-state index contributed by atoms with van der Waals surface area (Å²) in [5.41, 5.74) is 3.37. The molecule has 2 aromatic heterocycles. The minimum absolute atomic E-state index is 0.0344. The van der Waals surface area contributed by atoms with Gasteiger partial charge in [-0.2, -0.15) is 0 Å². The highest BCUT2D eigenvalue weighted by Gasteiger charge is 2.57. The Bertz CT molecular complexity index is 1400. The topological polar surface area (TPSA) is 205 Å². The predicted molar refractivity (Wildman–Crippen MR) is 133 cm³/mol. The Morgan fingerprint density at radius 3 is 2.58 bits per heavy atom. The molecule has 2 aliphatic heterocycles. The molecule has 2 aromatic rings. The summed E-state index contributed by atoms with van der Waals surface area (Å²) >= 11 is 0.989. The molecule has 5 N–H and O–H groups in total. The lowest BCUT2D eigenvalue weighted by molar-refractivity contribution is -0.689. The van der Waals surface area contributed by atoms with Crippen molar-refractivity contribution < 1.29 is 43.0 Å². The number of aliphatic carboxylic acids is 2. The molecule has 2 amide bonds. The number of aromatic nitrogens is 2. The number of nitrogens with one attached hydrogen (secondary N) is 1. The van der Waals surface area contributed by atoms with E-state index in [1.54, 1.807) is 35.2 Å². The Balaban J connectivity index is 1.60. The predicted octanol–water partition coefficient (Wildman–Crippen LogP) is -0.949. The van der Waals surface area contributed by atoms with E-state index in [0.717, 1.165) is 16.2 Å². The van der Waals surface area contributed by atoms with Crippen molar-refractivity contribution in [1.82, 2.24) is 15.2 Å². The number of carbonyl (C=O) groups excluding carboxylic acids is 2. The fraction of sp³-hybridized carbons (Fsp3) is 0.318. The molecule has 14 nitrogen and oxygen atoms in total. The van der Waals surface area contributed by atoms with Crippen LogP contribution in [0, 0.1) is 0 Å². The number of hydrogen-bond donors (Lipinski definition) is 4. The number of oxime groups is 1. The van der Waals surface area contributed by atoms with Crippen molar-refractivity contribution in [1.29, 1.82) is 0 Å². The highest BCUT2D eigenvalue weighted by atomic mass is 32.2. The maximum Gasteiger partial charge on any atom is 0.352 e. The van der Waals surface area contributed by atoms with Gasteiger partial charge in [0.2, 0.25) is 5.60 Å². The number of thiazole rings is 1. The molecule has 0 saturated carbocycles. The third-order valence-electron chi connectivity index (χ3n) is 5.70. The number of amides is 2. The van der Waals surface area contributed by atoms with Gasteiger partial charge in [-0.1, -0.05) is 11.2 Å². The molecule has 16 heteroatoms. The van der Waals surface area contributed by atoms with Crippen LogP contribution < -0.4 is 15.6 Å². The largest absolute Gasteiger partial charge is 0.478 e. The van der Waals surface area contributed by atoms with Crippen molar-refractivity contribution in [3.05, 3.63) is 52.9 Å². The molecule has 0 spiro atoms. The molecular formula is C22H23N6O8S2+. The monoisotopic (exact) mass is 563 g/mol. The number of β-lactam (4-membered cyclic amide) rings is 1. The Labute approximate surface area is 221 Å². The number of nitrogen functional groups attached to an aromatic ring is 1. The number of carboxylic acid groups (broad SMARTS) is 2. The SMILES string of the molecule is CC(C)(O/N=C(\C(=O)NC1C(=O)N2C(C(=O)O)=C(C[n+]3ccccc3)CS(=O)C12)c1csc(N)n1)C(=O)O. The van der Waals surface area contributed by atoms with Gasteiger partial charge >= 0.3 is 11.9 Å². The van der Waals surface area contributed by atoms with E-state index in [9.17, 15) is 33.6 Å². The Morgan fingerprint density at radius 1 is 1.32 bits per heavy atom. The first kappa shape index (κ1) is 26.9. The summed E-state index contributed by atoms with van der Waals surface area (Å²) in [6.45, 7) is 2.54. The lowest BCUT2D eigenvalue weighted by Crippen LogP contribution is -2.74.